The van der Waals surface area contributed by atoms with Crippen molar-refractivity contribution in [2.24, 2.45) is 5.92 Å². The van der Waals surface area contributed by atoms with Crippen LogP contribution in [0.3, 0.4) is 0 Å². The Morgan fingerprint density at radius 1 is 0.614 bits per heavy atom. The van der Waals surface area contributed by atoms with E-state index in [9.17, 15) is 33.2 Å². The molecule has 564 valence electrons. The van der Waals surface area contributed by atoms with Crippen LogP contribution in [0.2, 0.25) is 12.6 Å². The van der Waals surface area contributed by atoms with Gasteiger partial charge in [-0.2, -0.15) is 5.06 Å². The number of ketones is 1. The molecule has 0 saturated carbocycles. The molecule has 6 saturated heterocycles. The molecule has 4 N–H and O–H groups in total. The molecule has 0 bridgehead atoms. The second-order valence-corrected chi connectivity index (χ2v) is 30.3. The lowest BCUT2D eigenvalue weighted by Crippen LogP contribution is -2.50. The molecule has 32 nitrogen and oxygen atoms in total. The third-order valence-electron chi connectivity index (χ3n) is 16.3. The van der Waals surface area contributed by atoms with E-state index in [0.29, 0.717) is 71.9 Å². The summed E-state index contributed by atoms with van der Waals surface area (Å²) in [5, 5.41) is 12.7. The number of nitrogens with zero attached hydrogens (tertiary/aromatic N) is 6. The lowest BCUT2D eigenvalue weighted by atomic mass is 9.87. The molecular weight excluding hydrogens is 1460 g/mol. The van der Waals surface area contributed by atoms with E-state index < -0.39 is 63.7 Å². The van der Waals surface area contributed by atoms with Crippen LogP contribution >= 0.6 is 38.0 Å². The fourth-order valence-corrected chi connectivity index (χ4v) is 14.7. The number of hydroxylamine groups is 2. The highest BCUT2D eigenvalue weighted by Gasteiger charge is 2.46. The molecule has 6 heterocycles. The molecule has 20 atom stereocenters. The van der Waals surface area contributed by atoms with Crippen LogP contribution in [0.15, 0.2) is 0 Å². The summed E-state index contributed by atoms with van der Waals surface area (Å²) in [7, 11) is 58.5. The van der Waals surface area contributed by atoms with E-state index >= 15 is 0 Å². The van der Waals surface area contributed by atoms with Crippen molar-refractivity contribution in [2.75, 3.05) is 201 Å². The average molecular weight is 1570 g/mol. The van der Waals surface area contributed by atoms with E-state index in [1.165, 1.54) is 28.3 Å². The minimum atomic E-state index is -4.28. The number of hydrogen-bond acceptors (Lipinski definition) is 26. The molecule has 3 amide bonds. The number of carbonyl (C=O) groups is 4. The largest absolute Gasteiger partial charge is 0.766 e. The zero-order valence-electron chi connectivity index (χ0n) is 61.5. The van der Waals surface area contributed by atoms with Crippen molar-refractivity contribution in [3.8, 4) is 0 Å². The van der Waals surface area contributed by atoms with Crippen LogP contribution in [0.5, 0.6) is 0 Å². The summed E-state index contributed by atoms with van der Waals surface area (Å²) in [6.45, 7) is 8.61. The van der Waals surface area contributed by atoms with Gasteiger partial charge in [0, 0.05) is 163 Å². The number of Topliss-reactive ketones (excluding diaryl/α,β-unsaturated/α-hetero) is 1. The van der Waals surface area contributed by atoms with Crippen molar-refractivity contribution in [1.82, 2.24) is 50.1 Å². The number of halogens is 1. The predicted octanol–water partition coefficient (Wildman–Crippen LogP) is -4.30. The molecule has 2 unspecified atom stereocenters. The molecule has 0 aromatic heterocycles. The Hall–Kier alpha value is -1.13. The van der Waals surface area contributed by atoms with Crippen molar-refractivity contribution in [1.29, 1.82) is 0 Å². The van der Waals surface area contributed by atoms with Gasteiger partial charge in [0.1, 0.15) is 71.2 Å². The van der Waals surface area contributed by atoms with E-state index in [2.05, 4.69) is 55.5 Å². The van der Waals surface area contributed by atoms with Crippen molar-refractivity contribution in [3.63, 3.8) is 0 Å². The van der Waals surface area contributed by atoms with Crippen molar-refractivity contribution in [3.05, 3.63) is 0 Å². The first-order valence-corrected chi connectivity index (χ1v) is 38.0. The number of hydrogen-bond donors (Lipinski definition) is 4. The number of ether oxygens (including phenoxy) is 12. The Bertz CT molecular complexity index is 2430. The van der Waals surface area contributed by atoms with Gasteiger partial charge >= 0.3 is 7.67 Å². The van der Waals surface area contributed by atoms with Crippen LogP contribution in [-0.2, 0) is 99.0 Å². The number of morpholine rings is 2. The fourth-order valence-electron chi connectivity index (χ4n) is 11.6. The van der Waals surface area contributed by atoms with Gasteiger partial charge in [0.2, 0.25) is 25.5 Å². The predicted molar refractivity (Wildman–Crippen MR) is 392 cm³/mol. The number of nitrogens with one attached hydrogen (secondary N) is 4. The molecule has 0 aliphatic carbocycles. The van der Waals surface area contributed by atoms with Crippen molar-refractivity contribution < 1.29 is 104 Å². The van der Waals surface area contributed by atoms with Crippen molar-refractivity contribution >= 4 is 124 Å². The lowest BCUT2D eigenvalue weighted by Gasteiger charge is -2.43. The molecule has 0 aromatic rings. The number of carbonyl (C=O) groups excluding carboxylic acids is 4. The van der Waals surface area contributed by atoms with Gasteiger partial charge in [-0.05, 0) is 72.1 Å². The van der Waals surface area contributed by atoms with Gasteiger partial charge in [0.05, 0.1) is 105 Å². The molecule has 6 fully saturated rings. The monoisotopic (exact) mass is 1570 g/mol. The third-order valence-corrected chi connectivity index (χ3v) is 20.0. The summed E-state index contributed by atoms with van der Waals surface area (Å²) < 4.78 is 106. The smallest absolute Gasteiger partial charge is 0.345 e. The van der Waals surface area contributed by atoms with Crippen LogP contribution in [0.1, 0.15) is 26.7 Å². The number of likely N-dealkylation sites (N-methyl/N-ethyl adjacent to an activating group) is 3. The number of methoxy groups -OCH3 is 6. The summed E-state index contributed by atoms with van der Waals surface area (Å²) in [6, 6.07) is -3.44. The number of rotatable bonds is 37. The maximum Gasteiger partial charge on any atom is 0.345 e. The molecule has 43 heteroatoms. The summed E-state index contributed by atoms with van der Waals surface area (Å²) >= 11 is 2.29. The van der Waals surface area contributed by atoms with E-state index in [0.717, 1.165) is 0 Å². The first-order valence-electron chi connectivity index (χ1n) is 33.4. The number of alkyl halides is 1. The standard InChI is InChI=1S/C16H29B2NO7.C14H24B2N4O4.C14H28B2N3O5P.C12H23B2N2O6P.C2H5I/c1-19(6-9-10(7-20-2)25-15(17)12(9)21-3)24-8-11-13(22-4)14(23-5)16(18)26-11;1-11(21)9-19(13(23)7-15)6-4-18-12(22)10-20(5-3-17-2)14(24)8-16;1-17(2)25(20,19-6-12(9-21-4)24-14(16)8-19)22-10-11-5-18(3)7-13(15)23-11;1-15-7-3-11(13)22-10(7)6-20-23(17,18)16-8-4-12(14)21-9(8)5-19-2;1-2-3/h9-16H,6-8H2,1-5H3;17H,3-10H2,1-2H3,(H,18,22);11-14H,5-10H2,1-4H3;7-12,15H,3-6H2,1-2H3,(H2,16,17,18);2H2,1H3/p-1/t9-,10-,11-,12-,13-,14-,15-,16-;;11-,12-,13+,14+,25?;7-,8-,9+,10+,11+,12+;/m1.00./s1. The first-order chi connectivity index (χ1) is 47.8. The molecule has 6 aliphatic heterocycles. The van der Waals surface area contributed by atoms with Crippen LogP contribution in [0.25, 0.3) is 0 Å². The topological polar surface area (TPSA) is 331 Å². The van der Waals surface area contributed by atoms with Gasteiger partial charge < -0.3 is 101 Å². The van der Waals surface area contributed by atoms with Crippen LogP contribution in [0.4, 0.5) is 0 Å². The summed E-state index contributed by atoms with van der Waals surface area (Å²) in [6.07, 6.45) is -2.11. The van der Waals surface area contributed by atoms with E-state index in [1.54, 1.807) is 78.1 Å². The Balaban J connectivity index is 0.000000452. The number of amides is 3. The van der Waals surface area contributed by atoms with E-state index in [1.807, 2.05) is 14.1 Å². The Kier molecular flexibility index (Phi) is 48.7. The Morgan fingerprint density at radius 3 is 1.65 bits per heavy atom. The normalized spacial score (nSPS) is 30.8. The minimum Gasteiger partial charge on any atom is -0.766 e. The van der Waals surface area contributed by atoms with Gasteiger partial charge in [0.25, 0.3) is 0 Å². The zero-order chi connectivity index (χ0) is 76.2. The highest BCUT2D eigenvalue weighted by Crippen LogP contribution is 2.53. The van der Waals surface area contributed by atoms with Gasteiger partial charge in [-0.15, -0.1) is 0 Å². The molecule has 16 radical (unpaired) electrons. The van der Waals surface area contributed by atoms with Crippen LogP contribution in [0, 0.1) is 5.92 Å². The molecule has 6 rings (SSSR count). The summed E-state index contributed by atoms with van der Waals surface area (Å²) in [5.74, 6) is -1.22. The zero-order valence-corrected chi connectivity index (χ0v) is 65.5. The Labute approximate surface area is 624 Å². The minimum absolute atomic E-state index is 0.0108. The maximum absolute atomic E-state index is 13.5. The SMILES string of the molecule is CCI.[B]CC(=O)N(CCNC(=O)CN(CCNC)C(=O)C[B])CC(C)=O.[B][C@@H]1O[C@H](COC)[C@@H](CN(C)OC[C@H]2O[C@@H]([B])[C@H](OC)[C@@H]2OC)[C@H]1OC.[B][C@H]1CN(C)C[C@@H](COP(=O)(N(C)C)N2C[C@@H](COC)O[C@@H]([B])C2)O1.[B][C@H]1C[C@H](NC)[C@@H](COP(=O)([O-])N[C@H]2C[C@H]([B])O[C@@H]2COC)O1. The lowest BCUT2D eigenvalue weighted by molar-refractivity contribution is -0.205. The van der Waals surface area contributed by atoms with Gasteiger partial charge in [-0.3, -0.25) is 38.2 Å². The highest BCUT2D eigenvalue weighted by atomic mass is 127. The average Bonchev–Trinajstić information content (AvgIpc) is 1.14. The van der Waals surface area contributed by atoms with Gasteiger partial charge in [-0.1, -0.05) is 29.5 Å². The molecule has 0 aromatic carbocycles. The highest BCUT2D eigenvalue weighted by molar-refractivity contribution is 14.1. The molecule has 101 heavy (non-hydrogen) atoms. The fraction of sp³-hybridized carbons (Fsp3) is 0.931. The molecular formula is C58H108B8IN10O22P2-. The van der Waals surface area contributed by atoms with E-state index in [-0.39, 0.29) is 149 Å². The third kappa shape index (κ3) is 34.5. The quantitative estimate of drug-likeness (QED) is 0.0150. The van der Waals surface area contributed by atoms with Gasteiger partial charge in [0.15, 0.2) is 0 Å². The summed E-state index contributed by atoms with van der Waals surface area (Å²) in [4.78, 5) is 69.0. The molecule has 0 spiro atoms. The van der Waals surface area contributed by atoms with Crippen molar-refractivity contribution in [2.45, 2.75) is 142 Å². The maximum atomic E-state index is 13.5. The first kappa shape index (κ1) is 95.9. The summed E-state index contributed by atoms with van der Waals surface area (Å²) in [5.41, 5.74) is 0. The molecule has 6 aliphatic rings. The van der Waals surface area contributed by atoms with Crippen LogP contribution in [-0.4, -0.2) is 419 Å². The Morgan fingerprint density at radius 2 is 1.13 bits per heavy atom. The second-order valence-electron chi connectivity index (χ2n) is 24.6. The van der Waals surface area contributed by atoms with Gasteiger partial charge in [-0.25, -0.2) is 9.34 Å². The van der Waals surface area contributed by atoms with E-state index in [4.69, 9.17) is 133 Å². The second kappa shape index (κ2) is 51.3. The van der Waals surface area contributed by atoms with Crippen LogP contribution < -0.4 is 25.9 Å².